The maximum Gasteiger partial charge on any atom is 0.327 e. The molecule has 3 rings (SSSR count). The van der Waals surface area contributed by atoms with Crippen LogP contribution >= 0.6 is 11.6 Å². The Labute approximate surface area is 158 Å². The van der Waals surface area contributed by atoms with Crippen LogP contribution in [-0.2, 0) is 28.6 Å². The van der Waals surface area contributed by atoms with Gasteiger partial charge >= 0.3 is 17.9 Å². The number of esters is 3. The minimum absolute atomic E-state index is 0.191. The largest absolute Gasteiger partial charge is 0.468 e. The third kappa shape index (κ3) is 2.65. The lowest BCUT2D eigenvalue weighted by atomic mass is 9.73. The Balaban J connectivity index is 1.93. The summed E-state index contributed by atoms with van der Waals surface area (Å²) in [5.41, 5.74) is 0.248. The molecule has 1 spiro atoms. The molecule has 0 amide bonds. The fourth-order valence-electron chi connectivity index (χ4n) is 4.53. The van der Waals surface area contributed by atoms with Crippen LogP contribution in [-0.4, -0.2) is 43.1 Å². The molecule has 1 fully saturated rings. The first-order chi connectivity index (χ1) is 12.3. The predicted octanol–water partition coefficient (Wildman–Crippen LogP) is 2.91. The minimum atomic E-state index is -1.36. The lowest BCUT2D eigenvalue weighted by Gasteiger charge is -2.38. The first-order valence-corrected chi connectivity index (χ1v) is 9.48. The van der Waals surface area contributed by atoms with Gasteiger partial charge in [0.1, 0.15) is 0 Å². The van der Waals surface area contributed by atoms with Gasteiger partial charge in [-0.05, 0) is 52.4 Å². The molecule has 7 heteroatoms. The summed E-state index contributed by atoms with van der Waals surface area (Å²) in [5, 5.41) is 0. The Bertz CT molecular complexity index is 660. The smallest absolute Gasteiger partial charge is 0.327 e. The van der Waals surface area contributed by atoms with Crippen LogP contribution in [0.4, 0.5) is 0 Å². The summed E-state index contributed by atoms with van der Waals surface area (Å²) in [6, 6.07) is 0. The van der Waals surface area contributed by atoms with Gasteiger partial charge < -0.3 is 14.2 Å². The van der Waals surface area contributed by atoms with Crippen molar-refractivity contribution >= 4 is 29.5 Å². The number of halogens is 1. The standard InChI is InChI=1S/C19H25ClO6/c1-4-25-14(21)18(15(22)26-5-2)9-12-8-17(6-7-17)19(20,16(23)24-3)11-13(12)10-18/h4-11H2,1-3H3. The molecule has 0 aromatic heterocycles. The highest BCUT2D eigenvalue weighted by Crippen LogP contribution is 2.68. The number of carbonyl (C=O) groups is 3. The Morgan fingerprint density at radius 3 is 1.81 bits per heavy atom. The molecule has 0 heterocycles. The van der Waals surface area contributed by atoms with E-state index in [4.69, 9.17) is 25.8 Å². The van der Waals surface area contributed by atoms with Gasteiger partial charge in [-0.25, -0.2) is 0 Å². The monoisotopic (exact) mass is 384 g/mol. The van der Waals surface area contributed by atoms with Crippen LogP contribution in [0.15, 0.2) is 11.1 Å². The van der Waals surface area contributed by atoms with Crippen LogP contribution in [0.1, 0.15) is 52.4 Å². The zero-order valence-corrected chi connectivity index (χ0v) is 16.2. The van der Waals surface area contributed by atoms with Crippen LogP contribution in [0.25, 0.3) is 0 Å². The molecule has 144 valence electrons. The molecule has 0 aromatic carbocycles. The summed E-state index contributed by atoms with van der Waals surface area (Å²) in [5.74, 6) is -1.56. The fourth-order valence-corrected chi connectivity index (χ4v) is 5.03. The van der Waals surface area contributed by atoms with Gasteiger partial charge in [-0.15, -0.1) is 11.6 Å². The molecule has 0 radical (unpaired) electrons. The van der Waals surface area contributed by atoms with Gasteiger partial charge in [0.2, 0.25) is 0 Å². The zero-order chi connectivity index (χ0) is 19.2. The molecule has 0 saturated heterocycles. The van der Waals surface area contributed by atoms with Crippen molar-refractivity contribution in [1.29, 1.82) is 0 Å². The topological polar surface area (TPSA) is 78.9 Å². The molecule has 3 aliphatic rings. The average molecular weight is 385 g/mol. The van der Waals surface area contributed by atoms with Crippen molar-refractivity contribution in [2.45, 2.75) is 57.2 Å². The molecule has 1 atom stereocenters. The second kappa shape index (κ2) is 6.55. The van der Waals surface area contributed by atoms with Crippen molar-refractivity contribution in [1.82, 2.24) is 0 Å². The van der Waals surface area contributed by atoms with Crippen LogP contribution in [0.2, 0.25) is 0 Å². The number of ether oxygens (including phenoxy) is 3. The molecule has 0 aromatic rings. The van der Waals surface area contributed by atoms with Gasteiger partial charge in [-0.2, -0.15) is 0 Å². The molecular formula is C19H25ClO6. The molecule has 0 aliphatic heterocycles. The second-order valence-corrected chi connectivity index (χ2v) is 8.16. The number of allylic oxidation sites excluding steroid dienone is 2. The van der Waals surface area contributed by atoms with Gasteiger partial charge in [0, 0.05) is 5.41 Å². The van der Waals surface area contributed by atoms with Gasteiger partial charge in [-0.1, -0.05) is 11.1 Å². The number of hydrogen-bond donors (Lipinski definition) is 0. The summed E-state index contributed by atoms with van der Waals surface area (Å²) in [6.45, 7) is 3.80. The van der Waals surface area contributed by atoms with Crippen LogP contribution in [0.5, 0.6) is 0 Å². The van der Waals surface area contributed by atoms with E-state index in [9.17, 15) is 14.4 Å². The van der Waals surface area contributed by atoms with Crippen molar-refractivity contribution in [2.24, 2.45) is 10.8 Å². The van der Waals surface area contributed by atoms with Gasteiger partial charge in [-0.3, -0.25) is 14.4 Å². The Morgan fingerprint density at radius 2 is 1.38 bits per heavy atom. The number of rotatable bonds is 5. The summed E-state index contributed by atoms with van der Waals surface area (Å²) in [4.78, 5) is 36.6. The molecule has 0 N–H and O–H groups in total. The zero-order valence-electron chi connectivity index (χ0n) is 15.5. The molecular weight excluding hydrogens is 360 g/mol. The average Bonchev–Trinajstić information content (AvgIpc) is 3.29. The Hall–Kier alpha value is -1.56. The molecule has 1 unspecified atom stereocenters. The van der Waals surface area contributed by atoms with E-state index >= 15 is 0 Å². The van der Waals surface area contributed by atoms with Crippen LogP contribution in [0.3, 0.4) is 0 Å². The maximum absolute atomic E-state index is 12.7. The second-order valence-electron chi connectivity index (χ2n) is 7.51. The highest BCUT2D eigenvalue weighted by molar-refractivity contribution is 6.35. The molecule has 1 saturated carbocycles. The fraction of sp³-hybridized carbons (Fsp3) is 0.737. The van der Waals surface area contributed by atoms with E-state index in [0.717, 1.165) is 24.0 Å². The number of hydrogen-bond acceptors (Lipinski definition) is 6. The summed E-state index contributed by atoms with van der Waals surface area (Å²) in [7, 11) is 1.34. The van der Waals surface area contributed by atoms with E-state index in [0.29, 0.717) is 12.8 Å². The normalized spacial score (nSPS) is 27.7. The third-order valence-electron chi connectivity index (χ3n) is 6.07. The van der Waals surface area contributed by atoms with E-state index in [1.807, 2.05) is 0 Å². The first kappa shape index (κ1) is 19.2. The Kier molecular flexibility index (Phi) is 4.84. The Morgan fingerprint density at radius 1 is 0.885 bits per heavy atom. The van der Waals surface area contributed by atoms with E-state index in [1.165, 1.54) is 7.11 Å². The van der Waals surface area contributed by atoms with Gasteiger partial charge in [0.05, 0.1) is 20.3 Å². The van der Waals surface area contributed by atoms with Crippen LogP contribution < -0.4 is 0 Å². The lowest BCUT2D eigenvalue weighted by molar-refractivity contribution is -0.171. The van der Waals surface area contributed by atoms with E-state index in [-0.39, 0.29) is 31.5 Å². The SMILES string of the molecule is CCOC(=O)C1(C(=O)OCC)CC2=C(C1)CC(Cl)(C(=O)OC)C1(CC1)C2. The van der Waals surface area contributed by atoms with E-state index < -0.39 is 28.2 Å². The lowest BCUT2D eigenvalue weighted by Crippen LogP contribution is -2.45. The van der Waals surface area contributed by atoms with Crippen molar-refractivity contribution < 1.29 is 28.6 Å². The molecule has 26 heavy (non-hydrogen) atoms. The van der Waals surface area contributed by atoms with Gasteiger partial charge in [0.15, 0.2) is 10.3 Å². The van der Waals surface area contributed by atoms with E-state index in [1.54, 1.807) is 13.8 Å². The van der Waals surface area contributed by atoms with E-state index in [2.05, 4.69) is 0 Å². The summed E-state index contributed by atoms with van der Waals surface area (Å²) < 4.78 is 15.4. The van der Waals surface area contributed by atoms with Crippen LogP contribution in [0, 0.1) is 10.8 Å². The molecule has 6 nitrogen and oxygen atoms in total. The van der Waals surface area contributed by atoms with Crippen molar-refractivity contribution in [3.05, 3.63) is 11.1 Å². The number of methoxy groups -OCH3 is 1. The molecule has 3 aliphatic carbocycles. The minimum Gasteiger partial charge on any atom is -0.468 e. The van der Waals surface area contributed by atoms with Crippen molar-refractivity contribution in [3.8, 4) is 0 Å². The van der Waals surface area contributed by atoms with Gasteiger partial charge in [0.25, 0.3) is 0 Å². The predicted molar refractivity (Wildman–Crippen MR) is 93.5 cm³/mol. The third-order valence-corrected chi connectivity index (χ3v) is 6.76. The highest BCUT2D eigenvalue weighted by atomic mass is 35.5. The number of alkyl halides is 1. The number of carbonyl (C=O) groups excluding carboxylic acids is 3. The van der Waals surface area contributed by atoms with Crippen molar-refractivity contribution in [3.63, 3.8) is 0 Å². The van der Waals surface area contributed by atoms with Crippen molar-refractivity contribution in [2.75, 3.05) is 20.3 Å². The summed E-state index contributed by atoms with van der Waals surface area (Å²) >= 11 is 6.78. The highest BCUT2D eigenvalue weighted by Gasteiger charge is 2.68. The quantitative estimate of drug-likeness (QED) is 0.238. The molecule has 0 bridgehead atoms. The maximum atomic E-state index is 12.7. The first-order valence-electron chi connectivity index (χ1n) is 9.10. The summed E-state index contributed by atoms with van der Waals surface area (Å²) in [6.07, 6.45) is 3.08.